The van der Waals surface area contributed by atoms with Crippen LogP contribution in [0.4, 0.5) is 0 Å². The highest BCUT2D eigenvalue weighted by Gasteiger charge is 2.21. The molecule has 0 saturated carbocycles. The molecule has 0 atom stereocenters. The number of likely N-dealkylation sites (tertiary alicyclic amines) is 1. The van der Waals surface area contributed by atoms with Crippen molar-refractivity contribution in [2.45, 2.75) is 45.9 Å². The fourth-order valence-corrected chi connectivity index (χ4v) is 5.06. The molecule has 0 spiro atoms. The van der Waals surface area contributed by atoms with Crippen LogP contribution in [-0.2, 0) is 13.1 Å². The van der Waals surface area contributed by atoms with Crippen molar-refractivity contribution >= 4 is 33.6 Å². The van der Waals surface area contributed by atoms with Crippen molar-refractivity contribution in [2.24, 2.45) is 10.9 Å². The number of ether oxygens (including phenoxy) is 1. The van der Waals surface area contributed by atoms with E-state index in [1.165, 1.54) is 0 Å². The molecule has 188 valence electrons. The van der Waals surface area contributed by atoms with E-state index in [0.717, 1.165) is 59.3 Å². The van der Waals surface area contributed by atoms with Gasteiger partial charge in [-0.25, -0.2) is 4.79 Å². The molecule has 5 rings (SSSR count). The van der Waals surface area contributed by atoms with Crippen LogP contribution < -0.4 is 16.2 Å². The van der Waals surface area contributed by atoms with Crippen LogP contribution in [0.15, 0.2) is 52.4 Å². The third-order valence-electron chi connectivity index (χ3n) is 7.00. The molecule has 1 saturated heterocycles. The molecule has 10 heteroatoms. The van der Waals surface area contributed by atoms with Crippen molar-refractivity contribution < 1.29 is 9.94 Å². The van der Waals surface area contributed by atoms with Crippen LogP contribution in [0, 0.1) is 5.41 Å². The molecule has 1 fully saturated rings. The van der Waals surface area contributed by atoms with Gasteiger partial charge in [-0.15, -0.1) is 0 Å². The van der Waals surface area contributed by atoms with Crippen LogP contribution in [0.5, 0.6) is 5.75 Å². The van der Waals surface area contributed by atoms with Gasteiger partial charge in [-0.1, -0.05) is 17.3 Å². The molecule has 1 aliphatic heterocycles. The number of aromatic amines is 1. The van der Waals surface area contributed by atoms with E-state index in [0.29, 0.717) is 24.5 Å². The lowest BCUT2D eigenvalue weighted by Gasteiger charge is -2.32. The predicted octanol–water partition coefficient (Wildman–Crippen LogP) is 3.29. The van der Waals surface area contributed by atoms with E-state index in [2.05, 4.69) is 25.7 Å². The maximum Gasteiger partial charge on any atom is 0.326 e. The summed E-state index contributed by atoms with van der Waals surface area (Å²) in [4.78, 5) is 17.9. The van der Waals surface area contributed by atoms with Gasteiger partial charge >= 0.3 is 5.69 Å². The van der Waals surface area contributed by atoms with E-state index in [4.69, 9.17) is 21.1 Å². The molecule has 2 aromatic heterocycles. The van der Waals surface area contributed by atoms with Gasteiger partial charge in [-0.2, -0.15) is 0 Å². The first kappa shape index (κ1) is 23.5. The summed E-state index contributed by atoms with van der Waals surface area (Å²) in [5.41, 5.74) is 9.74. The summed E-state index contributed by atoms with van der Waals surface area (Å²) in [6.07, 6.45) is 1.81. The van der Waals surface area contributed by atoms with Gasteiger partial charge < -0.3 is 30.1 Å². The van der Waals surface area contributed by atoms with Crippen LogP contribution in [0.25, 0.3) is 21.9 Å². The second-order valence-corrected chi connectivity index (χ2v) is 9.22. The van der Waals surface area contributed by atoms with Crippen LogP contribution in [-0.4, -0.2) is 55.1 Å². The second-order valence-electron chi connectivity index (χ2n) is 9.22. The topological polar surface area (TPSA) is 138 Å². The first-order valence-corrected chi connectivity index (χ1v) is 12.2. The summed E-state index contributed by atoms with van der Waals surface area (Å²) in [6, 6.07) is 13.4. The van der Waals surface area contributed by atoms with E-state index < -0.39 is 0 Å². The zero-order chi connectivity index (χ0) is 25.4. The Morgan fingerprint density at radius 3 is 2.64 bits per heavy atom. The Morgan fingerprint density at radius 2 is 1.94 bits per heavy atom. The smallest absolute Gasteiger partial charge is 0.326 e. The van der Waals surface area contributed by atoms with Gasteiger partial charge in [0.05, 0.1) is 23.4 Å². The van der Waals surface area contributed by atoms with Crippen LogP contribution in [0.1, 0.15) is 37.9 Å². The summed E-state index contributed by atoms with van der Waals surface area (Å²) in [5, 5.41) is 21.0. The molecular weight excluding hydrogens is 458 g/mol. The zero-order valence-corrected chi connectivity index (χ0v) is 20.5. The summed E-state index contributed by atoms with van der Waals surface area (Å²) < 4.78 is 10.1. The Balaban J connectivity index is 1.44. The first-order chi connectivity index (χ1) is 17.4. The van der Waals surface area contributed by atoms with Crippen molar-refractivity contribution in [3.05, 3.63) is 64.2 Å². The SMILES string of the molecule is CCn1c(Cn2c(=O)[nH]c3ccc(OC4CCN(C(C)=N)CC4)cc32)cc2ccc(/C(N)=N/O)cc21. The van der Waals surface area contributed by atoms with E-state index in [1.807, 2.05) is 50.2 Å². The van der Waals surface area contributed by atoms with Gasteiger partial charge in [0.15, 0.2) is 5.84 Å². The Hall–Kier alpha value is -4.21. The van der Waals surface area contributed by atoms with E-state index >= 15 is 0 Å². The standard InChI is InChI=1S/C26H31N7O3/c1-3-32-19(12-17-4-5-18(13-23(17)32)25(28)30-35)15-33-24-14-21(6-7-22(24)29-26(33)34)36-20-8-10-31(11-9-20)16(2)27/h4-7,12-14,20,27,35H,3,8-11,15H2,1-2H3,(H2,28,30)(H,29,34). The van der Waals surface area contributed by atoms with E-state index in [9.17, 15) is 4.79 Å². The summed E-state index contributed by atoms with van der Waals surface area (Å²) in [7, 11) is 0. The summed E-state index contributed by atoms with van der Waals surface area (Å²) >= 11 is 0. The Morgan fingerprint density at radius 1 is 1.17 bits per heavy atom. The van der Waals surface area contributed by atoms with Crippen molar-refractivity contribution in [2.75, 3.05) is 13.1 Å². The van der Waals surface area contributed by atoms with Crippen molar-refractivity contribution in [1.29, 1.82) is 5.41 Å². The minimum atomic E-state index is -0.179. The van der Waals surface area contributed by atoms with Gasteiger partial charge in [0.25, 0.3) is 0 Å². The minimum Gasteiger partial charge on any atom is -0.490 e. The molecule has 10 nitrogen and oxygen atoms in total. The largest absolute Gasteiger partial charge is 0.490 e. The number of nitrogens with two attached hydrogens (primary N) is 1. The maximum absolute atomic E-state index is 12.9. The van der Waals surface area contributed by atoms with E-state index in [-0.39, 0.29) is 17.6 Å². The number of rotatable bonds is 6. The highest BCUT2D eigenvalue weighted by Crippen LogP contribution is 2.26. The van der Waals surface area contributed by atoms with Gasteiger partial charge in [-0.3, -0.25) is 9.98 Å². The van der Waals surface area contributed by atoms with Crippen LogP contribution in [0.2, 0.25) is 0 Å². The summed E-state index contributed by atoms with van der Waals surface area (Å²) in [5.74, 6) is 1.39. The number of nitrogens with zero attached hydrogens (tertiary/aromatic N) is 4. The van der Waals surface area contributed by atoms with Crippen LogP contribution in [0.3, 0.4) is 0 Å². The molecule has 4 aromatic rings. The number of hydrogen-bond acceptors (Lipinski definition) is 5. The fourth-order valence-electron chi connectivity index (χ4n) is 5.06. The summed E-state index contributed by atoms with van der Waals surface area (Å²) in [6.45, 7) is 6.59. The fraction of sp³-hybridized carbons (Fsp3) is 0.346. The van der Waals surface area contributed by atoms with Crippen LogP contribution >= 0.6 is 0 Å². The Bertz CT molecular complexity index is 1520. The molecule has 3 heterocycles. The lowest BCUT2D eigenvalue weighted by atomic mass is 10.1. The molecule has 0 aliphatic carbocycles. The van der Waals surface area contributed by atoms with Crippen molar-refractivity contribution in [3.63, 3.8) is 0 Å². The third-order valence-corrected chi connectivity index (χ3v) is 7.00. The number of hydrogen-bond donors (Lipinski definition) is 4. The Labute approximate surface area is 208 Å². The molecule has 5 N–H and O–H groups in total. The number of nitrogens with one attached hydrogen (secondary N) is 2. The molecule has 36 heavy (non-hydrogen) atoms. The number of H-pyrrole nitrogens is 1. The molecule has 0 unspecified atom stereocenters. The molecular formula is C26H31N7O3. The predicted molar refractivity (Wildman–Crippen MR) is 140 cm³/mol. The lowest BCUT2D eigenvalue weighted by Crippen LogP contribution is -2.40. The number of oxime groups is 1. The minimum absolute atomic E-state index is 0.0568. The molecule has 2 aromatic carbocycles. The van der Waals surface area contributed by atoms with Crippen molar-refractivity contribution in [1.82, 2.24) is 19.0 Å². The normalized spacial score (nSPS) is 15.2. The van der Waals surface area contributed by atoms with E-state index in [1.54, 1.807) is 4.57 Å². The number of imidazole rings is 1. The number of amidine groups is 2. The number of aromatic nitrogens is 3. The Kier molecular flexibility index (Phi) is 6.17. The highest BCUT2D eigenvalue weighted by molar-refractivity contribution is 6.00. The average molecular weight is 490 g/mol. The third kappa shape index (κ3) is 4.30. The quantitative estimate of drug-likeness (QED) is 0.143. The van der Waals surface area contributed by atoms with Gasteiger partial charge in [0.1, 0.15) is 11.9 Å². The zero-order valence-electron chi connectivity index (χ0n) is 20.5. The van der Waals surface area contributed by atoms with Crippen molar-refractivity contribution in [3.8, 4) is 5.75 Å². The molecule has 0 amide bonds. The molecule has 0 bridgehead atoms. The second kappa shape index (κ2) is 9.44. The first-order valence-electron chi connectivity index (χ1n) is 12.2. The molecule has 1 aliphatic rings. The number of fused-ring (bicyclic) bond motifs is 2. The van der Waals surface area contributed by atoms with Gasteiger partial charge in [0.2, 0.25) is 0 Å². The number of benzene rings is 2. The number of piperidine rings is 1. The number of aryl methyl sites for hydroxylation is 1. The highest BCUT2D eigenvalue weighted by atomic mass is 16.5. The van der Waals surface area contributed by atoms with Gasteiger partial charge in [-0.05, 0) is 43.5 Å². The maximum atomic E-state index is 12.9. The molecule has 0 radical (unpaired) electrons. The average Bonchev–Trinajstić information content (AvgIpc) is 3.39. The lowest BCUT2D eigenvalue weighted by molar-refractivity contribution is 0.130. The van der Waals surface area contributed by atoms with Gasteiger partial charge in [0, 0.05) is 55.3 Å². The monoisotopic (exact) mass is 489 g/mol.